The van der Waals surface area contributed by atoms with Crippen molar-refractivity contribution in [1.82, 2.24) is 10.2 Å². The molecule has 0 aromatic carbocycles. The highest BCUT2D eigenvalue weighted by molar-refractivity contribution is 5.78. The Morgan fingerprint density at radius 1 is 1.39 bits per heavy atom. The van der Waals surface area contributed by atoms with E-state index in [9.17, 15) is 9.59 Å². The Balaban J connectivity index is 2.42. The topological polar surface area (TPSA) is 69.6 Å². The predicted octanol–water partition coefficient (Wildman–Crippen LogP) is 1.93. The number of carbonyl (C=O) groups is 2. The Bertz CT molecular complexity index is 323. The van der Waals surface area contributed by atoms with E-state index in [1.807, 2.05) is 0 Å². The molecule has 0 aromatic heterocycles. The molecule has 5 nitrogen and oxygen atoms in total. The molecule has 18 heavy (non-hydrogen) atoms. The highest BCUT2D eigenvalue weighted by Crippen LogP contribution is 2.24. The summed E-state index contributed by atoms with van der Waals surface area (Å²) in [5.41, 5.74) is 0.188. The molecular weight excluding hydrogens is 232 g/mol. The summed E-state index contributed by atoms with van der Waals surface area (Å²) >= 11 is 0. The summed E-state index contributed by atoms with van der Waals surface area (Å²) in [6.45, 7) is 9.33. The van der Waals surface area contributed by atoms with Crippen LogP contribution in [0.15, 0.2) is 0 Å². The van der Waals surface area contributed by atoms with Crippen LogP contribution >= 0.6 is 0 Å². The highest BCUT2D eigenvalue weighted by atomic mass is 16.4. The van der Waals surface area contributed by atoms with Gasteiger partial charge < -0.3 is 15.3 Å². The molecule has 0 radical (unpaired) electrons. The molecule has 1 heterocycles. The number of aliphatic carboxylic acids is 1. The number of amides is 2. The normalized spacial score (nSPS) is 24.1. The van der Waals surface area contributed by atoms with Crippen LogP contribution in [0.25, 0.3) is 0 Å². The van der Waals surface area contributed by atoms with E-state index >= 15 is 0 Å². The molecule has 0 aliphatic carbocycles. The Hall–Kier alpha value is -1.26. The number of carboxylic acid groups (broad SMARTS) is 1. The summed E-state index contributed by atoms with van der Waals surface area (Å²) in [6.07, 6.45) is 1.45. The van der Waals surface area contributed by atoms with Gasteiger partial charge in [-0.15, -0.1) is 0 Å². The van der Waals surface area contributed by atoms with Gasteiger partial charge in [0.25, 0.3) is 0 Å². The summed E-state index contributed by atoms with van der Waals surface area (Å²) in [5, 5.41) is 11.9. The number of likely N-dealkylation sites (tertiary alicyclic amines) is 1. The van der Waals surface area contributed by atoms with Gasteiger partial charge in [0.2, 0.25) is 0 Å². The molecule has 0 spiro atoms. The lowest BCUT2D eigenvalue weighted by molar-refractivity contribution is -0.142. The Kier molecular flexibility index (Phi) is 4.59. The number of carbonyl (C=O) groups excluding carboxylic acids is 1. The van der Waals surface area contributed by atoms with Crippen molar-refractivity contribution in [2.24, 2.45) is 11.3 Å². The SMILES string of the molecule is CC1C(C(=O)O)CCN1C(=O)NCCC(C)(C)C. The molecule has 0 bridgehead atoms. The van der Waals surface area contributed by atoms with Crippen LogP contribution < -0.4 is 5.32 Å². The minimum absolute atomic E-state index is 0.143. The third-order valence-corrected chi connectivity index (χ3v) is 3.48. The first-order valence-corrected chi connectivity index (χ1v) is 6.49. The van der Waals surface area contributed by atoms with Crippen LogP contribution in [-0.2, 0) is 4.79 Å². The van der Waals surface area contributed by atoms with Gasteiger partial charge in [0.05, 0.1) is 5.92 Å². The van der Waals surface area contributed by atoms with Crippen LogP contribution in [0.4, 0.5) is 4.79 Å². The fraction of sp³-hybridized carbons (Fsp3) is 0.846. The second kappa shape index (κ2) is 5.59. The summed E-state index contributed by atoms with van der Waals surface area (Å²) in [6, 6.07) is -0.368. The van der Waals surface area contributed by atoms with Crippen molar-refractivity contribution in [2.45, 2.75) is 46.6 Å². The molecule has 2 N–H and O–H groups in total. The van der Waals surface area contributed by atoms with Crippen molar-refractivity contribution in [3.63, 3.8) is 0 Å². The van der Waals surface area contributed by atoms with Crippen molar-refractivity contribution in [2.75, 3.05) is 13.1 Å². The minimum atomic E-state index is -0.813. The largest absolute Gasteiger partial charge is 0.481 e. The van der Waals surface area contributed by atoms with Crippen LogP contribution in [0.1, 0.15) is 40.5 Å². The molecule has 1 aliphatic rings. The number of nitrogens with one attached hydrogen (secondary N) is 1. The first-order chi connectivity index (χ1) is 8.22. The third kappa shape index (κ3) is 3.89. The van der Waals surface area contributed by atoms with Crippen molar-refractivity contribution >= 4 is 12.0 Å². The number of nitrogens with zero attached hydrogens (tertiary/aromatic N) is 1. The molecule has 104 valence electrons. The second-order valence-corrected chi connectivity index (χ2v) is 6.21. The predicted molar refractivity (Wildman–Crippen MR) is 69.4 cm³/mol. The summed E-state index contributed by atoms with van der Waals surface area (Å²) in [7, 11) is 0. The van der Waals surface area contributed by atoms with E-state index in [1.54, 1.807) is 11.8 Å². The first kappa shape index (κ1) is 14.8. The van der Waals surface area contributed by atoms with Crippen molar-refractivity contribution < 1.29 is 14.7 Å². The Morgan fingerprint density at radius 2 is 2.00 bits per heavy atom. The van der Waals surface area contributed by atoms with E-state index in [-0.39, 0.29) is 17.5 Å². The van der Waals surface area contributed by atoms with E-state index in [0.717, 1.165) is 6.42 Å². The maximum Gasteiger partial charge on any atom is 0.317 e. The van der Waals surface area contributed by atoms with E-state index in [0.29, 0.717) is 19.5 Å². The standard InChI is InChI=1S/C13H24N2O3/c1-9-10(11(16)17)5-8-15(9)12(18)14-7-6-13(2,3)4/h9-10H,5-8H2,1-4H3,(H,14,18)(H,16,17). The lowest BCUT2D eigenvalue weighted by atomic mass is 9.92. The maximum absolute atomic E-state index is 11.9. The molecule has 0 saturated carbocycles. The fourth-order valence-electron chi connectivity index (χ4n) is 2.20. The average molecular weight is 256 g/mol. The molecule has 2 unspecified atom stereocenters. The van der Waals surface area contributed by atoms with Crippen LogP contribution in [0.5, 0.6) is 0 Å². The molecule has 2 amide bonds. The van der Waals surface area contributed by atoms with Gasteiger partial charge in [0.15, 0.2) is 0 Å². The van der Waals surface area contributed by atoms with Crippen molar-refractivity contribution in [3.05, 3.63) is 0 Å². The lowest BCUT2D eigenvalue weighted by Gasteiger charge is -2.25. The molecular formula is C13H24N2O3. The Morgan fingerprint density at radius 3 is 2.44 bits per heavy atom. The van der Waals surface area contributed by atoms with E-state index in [1.165, 1.54) is 0 Å². The summed E-state index contributed by atoms with van der Waals surface area (Å²) < 4.78 is 0. The minimum Gasteiger partial charge on any atom is -0.481 e. The van der Waals surface area contributed by atoms with Crippen LogP contribution in [0.3, 0.4) is 0 Å². The Labute approximate surface area is 109 Å². The molecule has 1 saturated heterocycles. The molecule has 1 fully saturated rings. The van der Waals surface area contributed by atoms with E-state index in [4.69, 9.17) is 5.11 Å². The monoisotopic (exact) mass is 256 g/mol. The quantitative estimate of drug-likeness (QED) is 0.810. The summed E-state index contributed by atoms with van der Waals surface area (Å²) in [4.78, 5) is 24.5. The van der Waals surface area contributed by atoms with Gasteiger partial charge in [0, 0.05) is 19.1 Å². The van der Waals surface area contributed by atoms with Gasteiger partial charge in [-0.3, -0.25) is 4.79 Å². The first-order valence-electron chi connectivity index (χ1n) is 6.49. The van der Waals surface area contributed by atoms with E-state index in [2.05, 4.69) is 26.1 Å². The number of hydrogen-bond acceptors (Lipinski definition) is 2. The van der Waals surface area contributed by atoms with Crippen LogP contribution in [0.2, 0.25) is 0 Å². The molecule has 1 rings (SSSR count). The summed E-state index contributed by atoms with van der Waals surface area (Å²) in [5.74, 6) is -1.24. The number of hydrogen-bond donors (Lipinski definition) is 2. The highest BCUT2D eigenvalue weighted by Gasteiger charge is 2.37. The van der Waals surface area contributed by atoms with Crippen molar-refractivity contribution in [1.29, 1.82) is 0 Å². The lowest BCUT2D eigenvalue weighted by Crippen LogP contribution is -2.44. The molecule has 5 heteroatoms. The number of urea groups is 1. The smallest absolute Gasteiger partial charge is 0.317 e. The van der Waals surface area contributed by atoms with Gasteiger partial charge in [-0.1, -0.05) is 20.8 Å². The molecule has 1 aliphatic heterocycles. The van der Waals surface area contributed by atoms with Gasteiger partial charge in [-0.25, -0.2) is 4.79 Å². The second-order valence-electron chi connectivity index (χ2n) is 6.21. The molecule has 0 aromatic rings. The zero-order valence-electron chi connectivity index (χ0n) is 11.7. The zero-order chi connectivity index (χ0) is 13.9. The van der Waals surface area contributed by atoms with Gasteiger partial charge in [0.1, 0.15) is 0 Å². The van der Waals surface area contributed by atoms with Gasteiger partial charge in [-0.05, 0) is 25.2 Å². The van der Waals surface area contributed by atoms with Gasteiger partial charge >= 0.3 is 12.0 Å². The van der Waals surface area contributed by atoms with Crippen LogP contribution in [-0.4, -0.2) is 41.1 Å². The van der Waals surface area contributed by atoms with E-state index < -0.39 is 11.9 Å². The zero-order valence-corrected chi connectivity index (χ0v) is 11.7. The molecule has 2 atom stereocenters. The van der Waals surface area contributed by atoms with Crippen molar-refractivity contribution in [3.8, 4) is 0 Å². The van der Waals surface area contributed by atoms with Crippen LogP contribution in [0, 0.1) is 11.3 Å². The number of carboxylic acids is 1. The maximum atomic E-state index is 11.9. The fourth-order valence-corrected chi connectivity index (χ4v) is 2.20. The average Bonchev–Trinajstić information content (AvgIpc) is 2.57. The van der Waals surface area contributed by atoms with Gasteiger partial charge in [-0.2, -0.15) is 0 Å². The third-order valence-electron chi connectivity index (χ3n) is 3.48. The number of rotatable bonds is 3.